The minimum Gasteiger partial charge on any atom is -0.325 e. The van der Waals surface area contributed by atoms with Gasteiger partial charge in [0.2, 0.25) is 21.1 Å². The number of nitrogens with zero attached hydrogens (tertiary/aromatic N) is 3. The number of aromatic amines is 1. The molecule has 1 aliphatic carbocycles. The van der Waals surface area contributed by atoms with Crippen molar-refractivity contribution in [3.8, 4) is 0 Å². The van der Waals surface area contributed by atoms with Crippen LogP contribution in [0.3, 0.4) is 0 Å². The molecule has 8 nitrogen and oxygen atoms in total. The first-order chi connectivity index (χ1) is 14.4. The van der Waals surface area contributed by atoms with Crippen molar-refractivity contribution in [2.45, 2.75) is 68.0 Å². The van der Waals surface area contributed by atoms with Crippen LogP contribution >= 0.6 is 11.8 Å². The number of hydrogen-bond acceptors (Lipinski definition) is 6. The van der Waals surface area contributed by atoms with E-state index in [1.165, 1.54) is 22.5 Å². The van der Waals surface area contributed by atoms with Crippen LogP contribution in [0.2, 0.25) is 0 Å². The number of carbonyl (C=O) groups excluding carboxylic acids is 1. The molecule has 1 aliphatic rings. The van der Waals surface area contributed by atoms with E-state index in [2.05, 4.69) is 27.4 Å². The quantitative estimate of drug-likeness (QED) is 0.566. The number of carbonyl (C=O) groups is 1. The van der Waals surface area contributed by atoms with Crippen molar-refractivity contribution in [3.05, 3.63) is 30.1 Å². The number of hydrogen-bond donors (Lipinski definition) is 2. The molecule has 0 atom stereocenters. The highest BCUT2D eigenvalue weighted by molar-refractivity contribution is 7.99. The second-order valence-electron chi connectivity index (χ2n) is 7.49. The lowest BCUT2D eigenvalue weighted by atomic mass is 9.96. The minimum atomic E-state index is -3.54. The molecule has 30 heavy (non-hydrogen) atoms. The zero-order chi connectivity index (χ0) is 21.6. The molecule has 1 heterocycles. The van der Waals surface area contributed by atoms with Gasteiger partial charge in [0, 0.05) is 25.2 Å². The molecule has 0 saturated heterocycles. The number of amides is 1. The molecule has 0 bridgehead atoms. The molecule has 1 aromatic heterocycles. The third kappa shape index (κ3) is 5.83. The highest BCUT2D eigenvalue weighted by Gasteiger charge is 2.28. The lowest BCUT2D eigenvalue weighted by Crippen LogP contribution is -2.38. The summed E-state index contributed by atoms with van der Waals surface area (Å²) in [5.74, 6) is 0.792. The molecule has 3 rings (SSSR count). The van der Waals surface area contributed by atoms with Gasteiger partial charge in [-0.05, 0) is 43.5 Å². The second kappa shape index (κ2) is 10.4. The van der Waals surface area contributed by atoms with Crippen LogP contribution in [0.15, 0.2) is 34.3 Å². The van der Waals surface area contributed by atoms with Crippen LogP contribution in [-0.2, 0) is 21.2 Å². The number of sulfonamides is 1. The van der Waals surface area contributed by atoms with Gasteiger partial charge in [-0.15, -0.1) is 5.10 Å². The number of anilines is 1. The highest BCUT2D eigenvalue weighted by Crippen LogP contribution is 2.27. The predicted molar refractivity (Wildman–Crippen MR) is 118 cm³/mol. The van der Waals surface area contributed by atoms with E-state index in [9.17, 15) is 13.2 Å². The van der Waals surface area contributed by atoms with Crippen LogP contribution in [0, 0.1) is 0 Å². The van der Waals surface area contributed by atoms with Gasteiger partial charge in [0.15, 0.2) is 0 Å². The Bertz CT molecular complexity index is 938. The SMILES string of the molecule is CCCc1nc(SCC(=O)Nc2ccc(S(=O)(=O)N(C)C3CCCCC3)cc2)n[nH]1. The van der Waals surface area contributed by atoms with Gasteiger partial charge in [0.05, 0.1) is 10.6 Å². The van der Waals surface area contributed by atoms with Gasteiger partial charge in [0.25, 0.3) is 0 Å². The average Bonchev–Trinajstić information content (AvgIpc) is 3.20. The van der Waals surface area contributed by atoms with Crippen molar-refractivity contribution in [2.75, 3.05) is 18.1 Å². The van der Waals surface area contributed by atoms with E-state index in [1.807, 2.05) is 0 Å². The van der Waals surface area contributed by atoms with Crippen molar-refractivity contribution in [2.24, 2.45) is 0 Å². The van der Waals surface area contributed by atoms with E-state index < -0.39 is 10.0 Å². The molecule has 0 unspecified atom stereocenters. The average molecular weight is 452 g/mol. The van der Waals surface area contributed by atoms with Crippen molar-refractivity contribution >= 4 is 33.4 Å². The Labute approximate surface area is 182 Å². The molecule has 2 N–H and O–H groups in total. The zero-order valence-corrected chi connectivity index (χ0v) is 19.1. The molecule has 10 heteroatoms. The predicted octanol–water partition coefficient (Wildman–Crippen LogP) is 3.44. The standard InChI is InChI=1S/C20H29N5O3S2/c1-3-7-18-22-20(24-23-18)29-14-19(26)21-15-10-12-17(13-11-15)30(27,28)25(2)16-8-5-4-6-9-16/h10-13,16H,3-9,14H2,1-2H3,(H,21,26)(H,22,23,24). The fourth-order valence-corrected chi connectivity index (χ4v) is 5.57. The summed E-state index contributed by atoms with van der Waals surface area (Å²) >= 11 is 1.25. The van der Waals surface area contributed by atoms with Crippen LogP contribution < -0.4 is 5.32 Å². The molecule has 2 aromatic rings. The molecular weight excluding hydrogens is 422 g/mol. The zero-order valence-electron chi connectivity index (χ0n) is 17.4. The summed E-state index contributed by atoms with van der Waals surface area (Å²) in [6.07, 6.45) is 6.93. The normalized spacial score (nSPS) is 15.4. The number of aromatic nitrogens is 3. The van der Waals surface area contributed by atoms with Crippen LogP contribution in [0.25, 0.3) is 0 Å². The number of nitrogens with one attached hydrogen (secondary N) is 2. The maximum Gasteiger partial charge on any atom is 0.243 e. The molecule has 0 spiro atoms. The molecule has 1 fully saturated rings. The van der Waals surface area contributed by atoms with Gasteiger partial charge in [-0.25, -0.2) is 13.4 Å². The van der Waals surface area contributed by atoms with Crippen molar-refractivity contribution in [1.29, 1.82) is 0 Å². The Kier molecular flexibility index (Phi) is 7.90. The monoisotopic (exact) mass is 451 g/mol. The summed E-state index contributed by atoms with van der Waals surface area (Å²) in [7, 11) is -1.88. The summed E-state index contributed by atoms with van der Waals surface area (Å²) in [5, 5.41) is 10.3. The second-order valence-corrected chi connectivity index (χ2v) is 10.4. The molecular formula is C20H29N5O3S2. The van der Waals surface area contributed by atoms with Crippen molar-refractivity contribution < 1.29 is 13.2 Å². The van der Waals surface area contributed by atoms with Gasteiger partial charge in [-0.2, -0.15) is 4.31 Å². The van der Waals surface area contributed by atoms with Gasteiger partial charge < -0.3 is 5.32 Å². The number of aryl methyl sites for hydroxylation is 1. The third-order valence-electron chi connectivity index (χ3n) is 5.23. The summed E-state index contributed by atoms with van der Waals surface area (Å²) < 4.78 is 27.3. The Morgan fingerprint density at radius 3 is 2.60 bits per heavy atom. The van der Waals surface area contributed by atoms with E-state index in [1.54, 1.807) is 31.3 Å². The lowest BCUT2D eigenvalue weighted by molar-refractivity contribution is -0.113. The van der Waals surface area contributed by atoms with Crippen molar-refractivity contribution in [1.82, 2.24) is 19.5 Å². The molecule has 164 valence electrons. The number of benzene rings is 1. The molecule has 1 amide bonds. The van der Waals surface area contributed by atoms with Crippen LogP contribution in [0.4, 0.5) is 5.69 Å². The van der Waals surface area contributed by atoms with E-state index in [-0.39, 0.29) is 22.6 Å². The number of H-pyrrole nitrogens is 1. The fraction of sp³-hybridized carbons (Fsp3) is 0.550. The van der Waals surface area contributed by atoms with Gasteiger partial charge in [-0.3, -0.25) is 9.89 Å². The van der Waals surface area contributed by atoms with E-state index >= 15 is 0 Å². The van der Waals surface area contributed by atoms with Gasteiger partial charge >= 0.3 is 0 Å². The van der Waals surface area contributed by atoms with Gasteiger partial charge in [-0.1, -0.05) is 37.9 Å². The maximum atomic E-state index is 12.9. The first kappa shape index (κ1) is 22.8. The Morgan fingerprint density at radius 2 is 1.93 bits per heavy atom. The first-order valence-corrected chi connectivity index (χ1v) is 12.7. The molecule has 1 aromatic carbocycles. The first-order valence-electron chi connectivity index (χ1n) is 10.3. The summed E-state index contributed by atoms with van der Waals surface area (Å²) in [6, 6.07) is 6.40. The maximum absolute atomic E-state index is 12.9. The van der Waals surface area contributed by atoms with Crippen LogP contribution in [0.1, 0.15) is 51.3 Å². The van der Waals surface area contributed by atoms with E-state index in [4.69, 9.17) is 0 Å². The van der Waals surface area contributed by atoms with Crippen LogP contribution in [-0.4, -0.2) is 52.7 Å². The Hall–Kier alpha value is -1.91. The highest BCUT2D eigenvalue weighted by atomic mass is 32.2. The summed E-state index contributed by atoms with van der Waals surface area (Å²) in [5.41, 5.74) is 0.557. The van der Waals surface area contributed by atoms with E-state index in [0.29, 0.717) is 10.8 Å². The molecule has 0 aliphatic heterocycles. The lowest BCUT2D eigenvalue weighted by Gasteiger charge is -2.30. The number of rotatable bonds is 9. The minimum absolute atomic E-state index is 0.0636. The Balaban J connectivity index is 1.54. The fourth-order valence-electron chi connectivity index (χ4n) is 3.54. The smallest absolute Gasteiger partial charge is 0.243 e. The largest absolute Gasteiger partial charge is 0.325 e. The molecule has 1 saturated carbocycles. The van der Waals surface area contributed by atoms with Crippen molar-refractivity contribution in [3.63, 3.8) is 0 Å². The summed E-state index contributed by atoms with van der Waals surface area (Å²) in [4.78, 5) is 16.8. The third-order valence-corrected chi connectivity index (χ3v) is 8.01. The number of thioether (sulfide) groups is 1. The van der Waals surface area contributed by atoms with Crippen LogP contribution in [0.5, 0.6) is 0 Å². The van der Waals surface area contributed by atoms with Gasteiger partial charge in [0.1, 0.15) is 5.82 Å². The van der Waals surface area contributed by atoms with E-state index in [0.717, 1.165) is 44.3 Å². The topological polar surface area (TPSA) is 108 Å². The summed E-state index contributed by atoms with van der Waals surface area (Å²) in [6.45, 7) is 2.06. The Morgan fingerprint density at radius 1 is 1.23 bits per heavy atom. The molecule has 0 radical (unpaired) electrons.